The molecule has 0 atom stereocenters. The predicted octanol–water partition coefficient (Wildman–Crippen LogP) is 3.46. The van der Waals surface area contributed by atoms with E-state index in [4.69, 9.17) is 11.6 Å². The Morgan fingerprint density at radius 3 is 2.84 bits per heavy atom. The molecular formula is C15H11ClN2O. The Morgan fingerprint density at radius 2 is 2.05 bits per heavy atom. The van der Waals surface area contributed by atoms with Crippen LogP contribution in [0.25, 0.3) is 10.9 Å². The number of carbonyl (C=O) groups is 1. The van der Waals surface area contributed by atoms with Gasteiger partial charge in [-0.3, -0.25) is 9.78 Å². The zero-order valence-electron chi connectivity index (χ0n) is 10.3. The molecule has 2 heterocycles. The molecule has 3 rings (SSSR count). The number of halogens is 1. The fraction of sp³-hybridized carbons (Fsp3) is 0.0667. The summed E-state index contributed by atoms with van der Waals surface area (Å²) in [5.41, 5.74) is 2.03. The summed E-state index contributed by atoms with van der Waals surface area (Å²) in [5, 5.41) is 1.44. The van der Waals surface area contributed by atoms with Gasteiger partial charge >= 0.3 is 0 Å². The van der Waals surface area contributed by atoms with Crippen LogP contribution in [-0.4, -0.2) is 15.3 Å². The Kier molecular flexibility index (Phi) is 2.84. The van der Waals surface area contributed by atoms with Crippen LogP contribution < -0.4 is 0 Å². The molecule has 3 nitrogen and oxygen atoms in total. The lowest BCUT2D eigenvalue weighted by Gasteiger charge is -1.99. The van der Waals surface area contributed by atoms with Crippen molar-refractivity contribution in [2.45, 2.75) is 0 Å². The summed E-state index contributed by atoms with van der Waals surface area (Å²) in [4.78, 5) is 16.6. The third kappa shape index (κ3) is 2.02. The SMILES string of the molecule is Cn1cc(C(=O)c2cc(Cl)ccn2)c2ccccc21. The summed E-state index contributed by atoms with van der Waals surface area (Å²) < 4.78 is 1.94. The summed E-state index contributed by atoms with van der Waals surface area (Å²) >= 11 is 5.90. The summed E-state index contributed by atoms with van der Waals surface area (Å²) in [5.74, 6) is -0.112. The molecule has 0 unspecified atom stereocenters. The average molecular weight is 271 g/mol. The molecule has 94 valence electrons. The van der Waals surface area contributed by atoms with Gasteiger partial charge in [0.25, 0.3) is 0 Å². The molecule has 0 aliphatic rings. The Hall–Kier alpha value is -2.13. The molecule has 0 N–H and O–H groups in total. The summed E-state index contributed by atoms with van der Waals surface area (Å²) in [6, 6.07) is 11.0. The quantitative estimate of drug-likeness (QED) is 0.669. The molecule has 4 heteroatoms. The predicted molar refractivity (Wildman–Crippen MR) is 75.6 cm³/mol. The molecule has 0 aliphatic carbocycles. The molecular weight excluding hydrogens is 260 g/mol. The lowest BCUT2D eigenvalue weighted by molar-refractivity contribution is 0.103. The zero-order chi connectivity index (χ0) is 13.4. The minimum atomic E-state index is -0.112. The van der Waals surface area contributed by atoms with E-state index >= 15 is 0 Å². The van der Waals surface area contributed by atoms with E-state index in [0.717, 1.165) is 10.9 Å². The van der Waals surface area contributed by atoms with E-state index < -0.39 is 0 Å². The van der Waals surface area contributed by atoms with Crippen LogP contribution in [0.5, 0.6) is 0 Å². The van der Waals surface area contributed by atoms with E-state index in [9.17, 15) is 4.79 Å². The van der Waals surface area contributed by atoms with E-state index in [2.05, 4.69) is 4.98 Å². The maximum atomic E-state index is 12.5. The first-order valence-corrected chi connectivity index (χ1v) is 6.25. The second-order valence-corrected chi connectivity index (χ2v) is 4.80. The summed E-state index contributed by atoms with van der Waals surface area (Å²) in [7, 11) is 1.92. The lowest BCUT2D eigenvalue weighted by atomic mass is 10.1. The Balaban J connectivity index is 2.17. The van der Waals surface area contributed by atoms with Crippen molar-refractivity contribution in [3.63, 3.8) is 0 Å². The highest BCUT2D eigenvalue weighted by Crippen LogP contribution is 2.23. The molecule has 0 fully saturated rings. The smallest absolute Gasteiger partial charge is 0.213 e. The van der Waals surface area contributed by atoms with E-state index in [1.165, 1.54) is 0 Å². The van der Waals surface area contributed by atoms with Gasteiger partial charge in [-0.05, 0) is 18.2 Å². The van der Waals surface area contributed by atoms with Crippen molar-refractivity contribution in [3.05, 3.63) is 65.1 Å². The molecule has 2 aromatic heterocycles. The van der Waals surface area contributed by atoms with Crippen molar-refractivity contribution in [1.29, 1.82) is 0 Å². The monoisotopic (exact) mass is 270 g/mol. The minimum Gasteiger partial charge on any atom is -0.350 e. The van der Waals surface area contributed by atoms with Crippen LogP contribution in [0.3, 0.4) is 0 Å². The van der Waals surface area contributed by atoms with E-state index in [1.54, 1.807) is 18.3 Å². The van der Waals surface area contributed by atoms with Gasteiger partial charge < -0.3 is 4.57 Å². The third-order valence-corrected chi connectivity index (χ3v) is 3.33. The standard InChI is InChI=1S/C15H11ClN2O/c1-18-9-12(11-4-2-3-5-14(11)18)15(19)13-8-10(16)6-7-17-13/h2-9H,1H3. The van der Waals surface area contributed by atoms with Crippen molar-refractivity contribution in [2.75, 3.05) is 0 Å². The molecule has 1 aromatic carbocycles. The van der Waals surface area contributed by atoms with Gasteiger partial charge in [-0.1, -0.05) is 29.8 Å². The third-order valence-electron chi connectivity index (χ3n) is 3.10. The molecule has 0 saturated heterocycles. The van der Waals surface area contributed by atoms with Gasteiger partial charge in [-0.2, -0.15) is 0 Å². The average Bonchev–Trinajstić information content (AvgIpc) is 2.76. The van der Waals surface area contributed by atoms with Gasteiger partial charge in [-0.25, -0.2) is 0 Å². The van der Waals surface area contributed by atoms with E-state index in [0.29, 0.717) is 16.3 Å². The molecule has 0 aliphatic heterocycles. The van der Waals surface area contributed by atoms with Crippen LogP contribution in [0.4, 0.5) is 0 Å². The zero-order valence-corrected chi connectivity index (χ0v) is 11.1. The van der Waals surface area contributed by atoms with E-state index in [-0.39, 0.29) is 5.78 Å². The number of benzene rings is 1. The number of aryl methyl sites for hydroxylation is 1. The van der Waals surface area contributed by atoms with Crippen LogP contribution in [-0.2, 0) is 7.05 Å². The molecule has 0 bridgehead atoms. The normalized spacial score (nSPS) is 10.8. The van der Waals surface area contributed by atoms with E-state index in [1.807, 2.05) is 42.1 Å². The summed E-state index contributed by atoms with van der Waals surface area (Å²) in [6.07, 6.45) is 3.37. The second kappa shape index (κ2) is 4.52. The molecule has 3 aromatic rings. The van der Waals surface area contributed by atoms with Crippen LogP contribution >= 0.6 is 11.6 Å². The first-order chi connectivity index (χ1) is 9.16. The fourth-order valence-corrected chi connectivity index (χ4v) is 2.35. The molecule has 0 radical (unpaired) electrons. The first kappa shape index (κ1) is 11.9. The van der Waals surface area contributed by atoms with Crippen molar-refractivity contribution < 1.29 is 4.79 Å². The van der Waals surface area contributed by atoms with Crippen molar-refractivity contribution >= 4 is 28.3 Å². The van der Waals surface area contributed by atoms with Gasteiger partial charge in [0, 0.05) is 40.9 Å². The fourth-order valence-electron chi connectivity index (χ4n) is 2.19. The highest BCUT2D eigenvalue weighted by atomic mass is 35.5. The van der Waals surface area contributed by atoms with Crippen molar-refractivity contribution in [3.8, 4) is 0 Å². The molecule has 19 heavy (non-hydrogen) atoms. The number of pyridine rings is 1. The number of hydrogen-bond donors (Lipinski definition) is 0. The van der Waals surface area contributed by atoms with Crippen LogP contribution in [0.2, 0.25) is 5.02 Å². The topological polar surface area (TPSA) is 34.9 Å². The molecule has 0 amide bonds. The van der Waals surface area contributed by atoms with Gasteiger partial charge in [0.15, 0.2) is 0 Å². The lowest BCUT2D eigenvalue weighted by Crippen LogP contribution is -2.03. The highest BCUT2D eigenvalue weighted by molar-refractivity contribution is 6.31. The van der Waals surface area contributed by atoms with Crippen LogP contribution in [0.15, 0.2) is 48.8 Å². The number of fused-ring (bicyclic) bond motifs is 1. The van der Waals surface area contributed by atoms with Gasteiger partial charge in [0.2, 0.25) is 5.78 Å². The number of ketones is 1. The maximum absolute atomic E-state index is 12.5. The highest BCUT2D eigenvalue weighted by Gasteiger charge is 2.16. The maximum Gasteiger partial charge on any atom is 0.213 e. The van der Waals surface area contributed by atoms with Crippen molar-refractivity contribution in [2.24, 2.45) is 7.05 Å². The Labute approximate surface area is 115 Å². The largest absolute Gasteiger partial charge is 0.350 e. The number of hydrogen-bond acceptors (Lipinski definition) is 2. The molecule has 0 spiro atoms. The number of para-hydroxylation sites is 1. The molecule has 0 saturated carbocycles. The van der Waals surface area contributed by atoms with Crippen molar-refractivity contribution in [1.82, 2.24) is 9.55 Å². The number of aromatic nitrogens is 2. The van der Waals surface area contributed by atoms with Crippen LogP contribution in [0.1, 0.15) is 16.1 Å². The Morgan fingerprint density at radius 1 is 1.26 bits per heavy atom. The summed E-state index contributed by atoms with van der Waals surface area (Å²) in [6.45, 7) is 0. The number of carbonyl (C=O) groups excluding carboxylic acids is 1. The van der Waals surface area contributed by atoms with Gasteiger partial charge in [0.05, 0.1) is 0 Å². The van der Waals surface area contributed by atoms with Gasteiger partial charge in [-0.15, -0.1) is 0 Å². The van der Waals surface area contributed by atoms with Crippen LogP contribution in [0, 0.1) is 0 Å². The number of nitrogens with zero attached hydrogens (tertiary/aromatic N) is 2. The minimum absolute atomic E-state index is 0.112. The Bertz CT molecular complexity index is 777. The number of rotatable bonds is 2. The second-order valence-electron chi connectivity index (χ2n) is 4.36. The van der Waals surface area contributed by atoms with Gasteiger partial charge in [0.1, 0.15) is 5.69 Å². The first-order valence-electron chi connectivity index (χ1n) is 5.87.